The van der Waals surface area contributed by atoms with E-state index >= 15 is 0 Å². The zero-order valence-corrected chi connectivity index (χ0v) is 21.1. The molecule has 0 fully saturated rings. The first-order valence-electron chi connectivity index (χ1n) is 10.2. The first kappa shape index (κ1) is 32.0. The van der Waals surface area contributed by atoms with Gasteiger partial charge in [0.25, 0.3) is 0 Å². The molecule has 3 atom stereocenters. The number of aliphatic hydroxyl groups excluding tert-OH is 2. The molecule has 0 heterocycles. The van der Waals surface area contributed by atoms with Crippen molar-refractivity contribution in [2.75, 3.05) is 0 Å². The molecule has 0 aromatic heterocycles. The molecule has 27 heavy (non-hydrogen) atoms. The number of nitrogens with zero attached hydrogens (tertiary/aromatic N) is 2. The Labute approximate surface area is 181 Å². The summed E-state index contributed by atoms with van der Waals surface area (Å²) in [6.45, 7) is 26.9. The van der Waals surface area contributed by atoms with E-state index in [9.17, 15) is 10.2 Å². The largest absolute Gasteiger partial charge is 2.00 e. The topological polar surface area (TPSA) is 68.7 Å². The van der Waals surface area contributed by atoms with E-state index in [0.29, 0.717) is 17.8 Å². The van der Waals surface area contributed by atoms with E-state index in [1.165, 1.54) is 0 Å². The van der Waals surface area contributed by atoms with Gasteiger partial charge >= 0.3 is 17.1 Å². The van der Waals surface area contributed by atoms with Gasteiger partial charge in [0.05, 0.1) is 0 Å². The zero-order chi connectivity index (χ0) is 21.5. The fourth-order valence-electron chi connectivity index (χ4n) is 2.12. The van der Waals surface area contributed by atoms with Gasteiger partial charge in [-0.3, -0.25) is 0 Å². The van der Waals surface area contributed by atoms with Gasteiger partial charge in [-0.2, -0.15) is 0 Å². The molecule has 0 saturated heterocycles. The Bertz CT molecular complexity index is 352. The number of hydrogen-bond donors (Lipinski definition) is 2. The number of hydrogen-bond acceptors (Lipinski definition) is 2. The summed E-state index contributed by atoms with van der Waals surface area (Å²) in [4.78, 5) is 0. The van der Waals surface area contributed by atoms with Gasteiger partial charge in [-0.25, -0.2) is 0 Å². The summed E-state index contributed by atoms with van der Waals surface area (Å²) in [5.74, 6) is 1.49. The van der Waals surface area contributed by atoms with Crippen molar-refractivity contribution < 1.29 is 27.3 Å². The molecule has 0 aromatic rings. The van der Waals surface area contributed by atoms with E-state index in [4.69, 9.17) is 0 Å². The first-order chi connectivity index (χ1) is 11.4. The van der Waals surface area contributed by atoms with E-state index < -0.39 is 12.5 Å². The Hall–Kier alpha value is 0.359. The van der Waals surface area contributed by atoms with E-state index in [1.807, 2.05) is 48.5 Å². The van der Waals surface area contributed by atoms with Crippen LogP contribution >= 0.6 is 0 Å². The van der Waals surface area contributed by atoms with Crippen LogP contribution in [0.25, 0.3) is 10.6 Å². The van der Waals surface area contributed by atoms with Crippen molar-refractivity contribution >= 4 is 0 Å². The van der Waals surface area contributed by atoms with E-state index in [2.05, 4.69) is 52.2 Å². The molecular formula is C22H48CuN2O2. The van der Waals surface area contributed by atoms with Crippen molar-refractivity contribution in [2.24, 2.45) is 28.6 Å². The molecule has 2 N–H and O–H groups in total. The Balaban J connectivity index is -0.000000416. The molecule has 1 radical (unpaired) electrons. The third-order valence-electron chi connectivity index (χ3n) is 4.57. The minimum absolute atomic E-state index is 0. The predicted molar refractivity (Wildman–Crippen MR) is 115 cm³/mol. The van der Waals surface area contributed by atoms with Gasteiger partial charge in [0, 0.05) is 0 Å². The fraction of sp³-hybridized carbons (Fsp3) is 1.00. The van der Waals surface area contributed by atoms with Gasteiger partial charge in [-0.15, -0.1) is 12.1 Å². The Kier molecular flexibility index (Phi) is 16.1. The van der Waals surface area contributed by atoms with Crippen LogP contribution in [0.2, 0.25) is 0 Å². The van der Waals surface area contributed by atoms with Gasteiger partial charge in [-0.05, 0) is 23.3 Å². The van der Waals surface area contributed by atoms with Crippen LogP contribution in [-0.2, 0) is 17.1 Å². The molecule has 0 bridgehead atoms. The maximum Gasteiger partial charge on any atom is 2.00 e. The molecule has 0 aromatic carbocycles. The van der Waals surface area contributed by atoms with Crippen molar-refractivity contribution in [3.63, 3.8) is 0 Å². The normalized spacial score (nSPS) is 16.1. The van der Waals surface area contributed by atoms with Crippen LogP contribution in [-0.4, -0.2) is 34.8 Å². The fourth-order valence-corrected chi connectivity index (χ4v) is 2.12. The molecule has 0 aliphatic rings. The smallest absolute Gasteiger partial charge is 0.634 e. The van der Waals surface area contributed by atoms with Crippen LogP contribution in [0.4, 0.5) is 0 Å². The Morgan fingerprint density at radius 3 is 1.07 bits per heavy atom. The molecule has 169 valence electrons. The maximum atomic E-state index is 9.89. The third kappa shape index (κ3) is 14.9. The molecule has 0 spiro atoms. The molecule has 0 rings (SSSR count). The molecule has 5 heteroatoms. The van der Waals surface area contributed by atoms with Crippen molar-refractivity contribution in [3.8, 4) is 0 Å². The third-order valence-corrected chi connectivity index (χ3v) is 4.57. The van der Waals surface area contributed by atoms with Crippen molar-refractivity contribution in [1.82, 2.24) is 0 Å². The summed E-state index contributed by atoms with van der Waals surface area (Å²) in [5.41, 5.74) is -0.287. The Morgan fingerprint density at radius 2 is 0.852 bits per heavy atom. The minimum Gasteiger partial charge on any atom is -0.634 e. The molecular weight excluding hydrogens is 388 g/mol. The van der Waals surface area contributed by atoms with Gasteiger partial charge in [0.15, 0.2) is 0 Å². The Morgan fingerprint density at radius 1 is 0.556 bits per heavy atom. The van der Waals surface area contributed by atoms with Crippen molar-refractivity contribution in [3.05, 3.63) is 10.6 Å². The molecule has 0 saturated carbocycles. The quantitative estimate of drug-likeness (QED) is 0.469. The predicted octanol–water partition coefficient (Wildman–Crippen LogP) is 6.17. The number of aliphatic hydroxyl groups is 2. The second kappa shape index (κ2) is 13.6. The summed E-state index contributed by atoms with van der Waals surface area (Å²) in [7, 11) is 0. The van der Waals surface area contributed by atoms with Crippen molar-refractivity contribution in [2.45, 2.75) is 115 Å². The van der Waals surface area contributed by atoms with Crippen molar-refractivity contribution in [1.29, 1.82) is 0 Å². The summed E-state index contributed by atoms with van der Waals surface area (Å²) < 4.78 is 0. The molecule has 0 aliphatic carbocycles. The summed E-state index contributed by atoms with van der Waals surface area (Å²) in [6.07, 6.45) is -1.10. The average Bonchev–Trinajstić information content (AvgIpc) is 2.41. The van der Waals surface area contributed by atoms with Crippen LogP contribution in [0.1, 0.15) is 90.0 Å². The molecule has 0 aliphatic heterocycles. The standard InChI is InChI=1S/C12H26NO.C10H22NO.Cu/c1-8(2)10(9(3)4)13-11(14)12(5,6)7;1-7(2)8(3)11-9(12)10(4,5)6;/h8-11,14H,1-7H3;7-9,12H,1-6H3;/q2*-1;+2. The van der Waals surface area contributed by atoms with E-state index in [0.717, 1.165) is 0 Å². The minimum atomic E-state index is -0.558. The summed E-state index contributed by atoms with van der Waals surface area (Å²) in [5, 5.41) is 28.3. The van der Waals surface area contributed by atoms with Gasteiger partial charge < -0.3 is 20.8 Å². The van der Waals surface area contributed by atoms with Gasteiger partial charge in [0.1, 0.15) is 0 Å². The molecule has 0 amide bonds. The number of rotatable bonds is 7. The zero-order valence-electron chi connectivity index (χ0n) is 20.1. The summed E-state index contributed by atoms with van der Waals surface area (Å²) in [6, 6.07) is 0.489. The van der Waals surface area contributed by atoms with E-state index in [-0.39, 0.29) is 40.0 Å². The SMILES string of the molecule is CC(C)C(C)[N-]C(O)C(C)(C)C.CC(C)C([N-]C(O)C(C)(C)C)C(C)C.[Cu+2]. The van der Waals surface area contributed by atoms with E-state index in [1.54, 1.807) is 0 Å². The van der Waals surface area contributed by atoms with Crippen LogP contribution in [0.3, 0.4) is 0 Å². The van der Waals surface area contributed by atoms with Crippen LogP contribution in [0.15, 0.2) is 0 Å². The molecule has 4 nitrogen and oxygen atoms in total. The maximum absolute atomic E-state index is 9.89. The molecule has 3 unspecified atom stereocenters. The second-order valence-electron chi connectivity index (χ2n) is 10.7. The summed E-state index contributed by atoms with van der Waals surface area (Å²) >= 11 is 0. The van der Waals surface area contributed by atoms with Crippen LogP contribution in [0, 0.1) is 28.6 Å². The van der Waals surface area contributed by atoms with Crippen LogP contribution < -0.4 is 0 Å². The van der Waals surface area contributed by atoms with Crippen LogP contribution in [0.5, 0.6) is 0 Å². The first-order valence-corrected chi connectivity index (χ1v) is 10.2. The monoisotopic (exact) mass is 435 g/mol. The average molecular weight is 436 g/mol. The van der Waals surface area contributed by atoms with Gasteiger partial charge in [0.2, 0.25) is 0 Å². The second-order valence-corrected chi connectivity index (χ2v) is 10.7. The van der Waals surface area contributed by atoms with Gasteiger partial charge in [-0.1, -0.05) is 108 Å².